The van der Waals surface area contributed by atoms with Gasteiger partial charge in [-0.25, -0.2) is 9.18 Å². The second-order valence-electron chi connectivity index (χ2n) is 7.83. The van der Waals surface area contributed by atoms with Gasteiger partial charge in [-0.1, -0.05) is 42.0 Å². The van der Waals surface area contributed by atoms with Crippen LogP contribution in [0, 0.1) is 18.7 Å². The Hall–Kier alpha value is -2.44. The summed E-state index contributed by atoms with van der Waals surface area (Å²) in [4.78, 5) is 10.8. The van der Waals surface area contributed by atoms with Crippen molar-refractivity contribution in [1.29, 1.82) is 0 Å². The highest BCUT2D eigenvalue weighted by Gasteiger charge is 2.40. The number of rotatable bonds is 7. The number of carboxylic acid groups (broad SMARTS) is 1. The molecule has 2 aromatic rings. The van der Waals surface area contributed by atoms with Crippen molar-refractivity contribution in [2.24, 2.45) is 5.92 Å². The summed E-state index contributed by atoms with van der Waals surface area (Å²) in [5.74, 6) is -0.439. The van der Waals surface area contributed by atoms with E-state index in [1.165, 1.54) is 6.07 Å². The third-order valence-electron chi connectivity index (χ3n) is 5.77. The van der Waals surface area contributed by atoms with Crippen molar-refractivity contribution in [3.05, 3.63) is 59.4 Å². The molecule has 156 valence electrons. The van der Waals surface area contributed by atoms with Gasteiger partial charge < -0.3 is 20.8 Å². The monoisotopic (exact) mass is 400 g/mol. The number of amides is 1. The third kappa shape index (κ3) is 4.95. The molecular weight excluding hydrogens is 371 g/mol. The van der Waals surface area contributed by atoms with Crippen LogP contribution in [0.4, 0.5) is 9.18 Å². The van der Waals surface area contributed by atoms with Gasteiger partial charge >= 0.3 is 6.09 Å². The maximum Gasteiger partial charge on any atom is 0.404 e. The quantitative estimate of drug-likeness (QED) is 0.529. The minimum atomic E-state index is -1.26. The molecular formula is C23H29FN2O3. The van der Waals surface area contributed by atoms with Crippen LogP contribution < -0.4 is 10.6 Å². The van der Waals surface area contributed by atoms with Gasteiger partial charge in [-0.05, 0) is 56.3 Å². The van der Waals surface area contributed by atoms with Gasteiger partial charge in [0.15, 0.2) is 0 Å². The van der Waals surface area contributed by atoms with Crippen LogP contribution in [0.1, 0.15) is 36.8 Å². The molecule has 0 saturated carbocycles. The maximum atomic E-state index is 15.0. The summed E-state index contributed by atoms with van der Waals surface area (Å²) in [6.07, 6.45) is 1.50. The Morgan fingerprint density at radius 2 is 2.10 bits per heavy atom. The second kappa shape index (κ2) is 9.37. The number of benzene rings is 2. The molecule has 0 aromatic heterocycles. The molecule has 3 rings (SSSR count). The van der Waals surface area contributed by atoms with Crippen LogP contribution in [0.25, 0.3) is 11.1 Å². The number of hydrogen-bond donors (Lipinski definition) is 4. The molecule has 4 N–H and O–H groups in total. The fourth-order valence-corrected chi connectivity index (χ4v) is 4.35. The molecule has 1 aliphatic heterocycles. The molecule has 1 amide bonds. The second-order valence-corrected chi connectivity index (χ2v) is 7.83. The molecule has 1 heterocycles. The lowest BCUT2D eigenvalue weighted by molar-refractivity contribution is -0.0417. The molecule has 1 fully saturated rings. The van der Waals surface area contributed by atoms with Crippen LogP contribution in [0.5, 0.6) is 0 Å². The fourth-order valence-electron chi connectivity index (χ4n) is 4.35. The lowest BCUT2D eigenvalue weighted by Crippen LogP contribution is -2.45. The Kier molecular flexibility index (Phi) is 6.87. The average molecular weight is 400 g/mol. The number of hydrogen-bond acceptors (Lipinski definition) is 3. The standard InChI is InChI=1S/C23H29FN2O3/c1-16-6-2-7-17(14-16)21-19(9-3-10-20(21)24)23(29,11-5-13-26-22(27)28)18-8-4-12-25-15-18/h2-3,6-7,9-10,14,18,25-26,29H,4-5,8,11-13,15H2,1H3,(H,27,28). The number of carbonyl (C=O) groups is 1. The van der Waals surface area contributed by atoms with E-state index in [0.717, 1.165) is 30.5 Å². The predicted octanol–water partition coefficient (Wildman–Crippen LogP) is 4.04. The van der Waals surface area contributed by atoms with Crippen LogP contribution in [0.3, 0.4) is 0 Å². The number of aliphatic hydroxyl groups is 1. The van der Waals surface area contributed by atoms with Crippen molar-refractivity contribution in [3.63, 3.8) is 0 Å². The average Bonchev–Trinajstić information content (AvgIpc) is 2.71. The molecule has 2 atom stereocenters. The minimum Gasteiger partial charge on any atom is -0.465 e. The van der Waals surface area contributed by atoms with Gasteiger partial charge in [0.1, 0.15) is 5.82 Å². The third-order valence-corrected chi connectivity index (χ3v) is 5.77. The van der Waals surface area contributed by atoms with Crippen molar-refractivity contribution in [2.45, 2.75) is 38.2 Å². The fraction of sp³-hybridized carbons (Fsp3) is 0.435. The molecule has 2 unspecified atom stereocenters. The number of piperidine rings is 1. The summed E-state index contributed by atoms with van der Waals surface area (Å²) >= 11 is 0. The van der Waals surface area contributed by atoms with Gasteiger partial charge in [0.05, 0.1) is 5.60 Å². The van der Waals surface area contributed by atoms with Gasteiger partial charge in [-0.3, -0.25) is 0 Å². The molecule has 29 heavy (non-hydrogen) atoms. The van der Waals surface area contributed by atoms with Crippen molar-refractivity contribution in [2.75, 3.05) is 19.6 Å². The van der Waals surface area contributed by atoms with Gasteiger partial charge in [0.2, 0.25) is 0 Å². The zero-order valence-corrected chi connectivity index (χ0v) is 16.7. The molecule has 0 aliphatic carbocycles. The van der Waals surface area contributed by atoms with Crippen LogP contribution in [-0.4, -0.2) is 35.9 Å². The zero-order valence-electron chi connectivity index (χ0n) is 16.7. The highest BCUT2D eigenvalue weighted by molar-refractivity contribution is 5.70. The Morgan fingerprint density at radius 3 is 2.79 bits per heavy atom. The molecule has 6 heteroatoms. The smallest absolute Gasteiger partial charge is 0.404 e. The summed E-state index contributed by atoms with van der Waals surface area (Å²) in [6.45, 7) is 3.75. The topological polar surface area (TPSA) is 81.6 Å². The highest BCUT2D eigenvalue weighted by Crippen LogP contribution is 2.43. The van der Waals surface area contributed by atoms with E-state index in [-0.39, 0.29) is 18.3 Å². The molecule has 1 aliphatic rings. The minimum absolute atomic E-state index is 0.0774. The molecule has 0 spiro atoms. The Labute approximate surface area is 171 Å². The van der Waals surface area contributed by atoms with Crippen LogP contribution in [0.2, 0.25) is 0 Å². The van der Waals surface area contributed by atoms with Gasteiger partial charge in [0.25, 0.3) is 0 Å². The number of aryl methyl sites for hydroxylation is 1. The van der Waals surface area contributed by atoms with Crippen molar-refractivity contribution in [3.8, 4) is 11.1 Å². The van der Waals surface area contributed by atoms with Gasteiger partial charge in [-0.15, -0.1) is 0 Å². The maximum absolute atomic E-state index is 15.0. The number of nitrogens with one attached hydrogen (secondary N) is 2. The van der Waals surface area contributed by atoms with E-state index in [2.05, 4.69) is 10.6 Å². The largest absolute Gasteiger partial charge is 0.465 e. The first-order chi connectivity index (χ1) is 13.9. The lowest BCUT2D eigenvalue weighted by atomic mass is 9.72. The first-order valence-electron chi connectivity index (χ1n) is 10.2. The van der Waals surface area contributed by atoms with E-state index in [4.69, 9.17) is 5.11 Å². The Bertz CT molecular complexity index is 852. The Morgan fingerprint density at radius 1 is 1.31 bits per heavy atom. The molecule has 1 saturated heterocycles. The van der Waals surface area contributed by atoms with Crippen LogP contribution in [-0.2, 0) is 5.60 Å². The Balaban J connectivity index is 2.03. The zero-order chi connectivity index (χ0) is 20.9. The molecule has 0 radical (unpaired) electrons. The van der Waals surface area contributed by atoms with Gasteiger partial charge in [0, 0.05) is 24.6 Å². The summed E-state index contributed by atoms with van der Waals surface area (Å²) in [5, 5.41) is 26.4. The summed E-state index contributed by atoms with van der Waals surface area (Å²) in [7, 11) is 0. The van der Waals surface area contributed by atoms with E-state index < -0.39 is 11.7 Å². The molecule has 5 nitrogen and oxygen atoms in total. The van der Waals surface area contributed by atoms with E-state index in [9.17, 15) is 9.90 Å². The van der Waals surface area contributed by atoms with Crippen LogP contribution >= 0.6 is 0 Å². The first-order valence-corrected chi connectivity index (χ1v) is 10.2. The SMILES string of the molecule is Cc1cccc(-c2c(F)cccc2C(O)(CCCNC(=O)O)C2CCCNC2)c1. The molecule has 0 bridgehead atoms. The van der Waals surface area contributed by atoms with E-state index in [1.54, 1.807) is 12.1 Å². The van der Waals surface area contributed by atoms with Gasteiger partial charge in [-0.2, -0.15) is 0 Å². The van der Waals surface area contributed by atoms with Crippen molar-refractivity contribution in [1.82, 2.24) is 10.6 Å². The van der Waals surface area contributed by atoms with E-state index in [1.807, 2.05) is 31.2 Å². The summed E-state index contributed by atoms with van der Waals surface area (Å²) < 4.78 is 15.0. The molecule has 2 aromatic carbocycles. The summed E-state index contributed by atoms with van der Waals surface area (Å²) in [5.41, 5.74) is 1.51. The van der Waals surface area contributed by atoms with Crippen LogP contribution in [0.15, 0.2) is 42.5 Å². The van der Waals surface area contributed by atoms with E-state index >= 15 is 4.39 Å². The van der Waals surface area contributed by atoms with Crippen molar-refractivity contribution >= 4 is 6.09 Å². The lowest BCUT2D eigenvalue weighted by Gasteiger charge is -2.40. The van der Waals surface area contributed by atoms with E-state index in [0.29, 0.717) is 30.5 Å². The summed E-state index contributed by atoms with van der Waals surface area (Å²) in [6, 6.07) is 12.5. The van der Waals surface area contributed by atoms with Crippen molar-refractivity contribution < 1.29 is 19.4 Å². The first kappa shape index (κ1) is 21.3. The number of halogens is 1. The predicted molar refractivity (Wildman–Crippen MR) is 111 cm³/mol. The normalized spacial score (nSPS) is 18.8. The highest BCUT2D eigenvalue weighted by atomic mass is 19.1.